The molecule has 0 aromatic rings. The van der Waals surface area contributed by atoms with Crippen LogP contribution in [0.2, 0.25) is 0 Å². The molecule has 2 fully saturated rings. The number of piperazine rings is 1. The second kappa shape index (κ2) is 6.25. The fraction of sp³-hybridized carbons (Fsp3) is 0.588. The predicted octanol–water partition coefficient (Wildman–Crippen LogP) is -1.09. The van der Waals surface area contributed by atoms with Crippen LogP contribution in [0.5, 0.6) is 0 Å². The zero-order chi connectivity index (χ0) is 19.5. The lowest BCUT2D eigenvalue weighted by molar-refractivity contribution is -0.137. The standard InChI is InChI=1S/C17H22N4O5S/c1-7-11(19-3-4-27)14(23)10-8(6-26-16(18)24)17(25-2)15-9(20-15)5-21(17)12(10)13(7)22/h8-9,15,19-20,27H,3-6H2,1-2H3,(H2,18,24)/t8?,9?,15?,17-/m1/s1. The molecule has 0 aromatic heterocycles. The third-order valence-electron chi connectivity index (χ3n) is 5.84. The Balaban J connectivity index is 1.79. The van der Waals surface area contributed by atoms with Gasteiger partial charge in [-0.15, -0.1) is 0 Å². The highest BCUT2D eigenvalue weighted by Gasteiger charge is 2.72. The summed E-state index contributed by atoms with van der Waals surface area (Å²) in [4.78, 5) is 39.6. The average Bonchev–Trinajstić information content (AvgIpc) is 3.24. The van der Waals surface area contributed by atoms with E-state index in [4.69, 9.17) is 15.2 Å². The molecule has 9 nitrogen and oxygen atoms in total. The number of thiol groups is 1. The minimum Gasteiger partial charge on any atom is -0.449 e. The van der Waals surface area contributed by atoms with E-state index in [-0.39, 0.29) is 36.0 Å². The van der Waals surface area contributed by atoms with Crippen LogP contribution >= 0.6 is 12.6 Å². The monoisotopic (exact) mass is 394 g/mol. The van der Waals surface area contributed by atoms with Gasteiger partial charge in [0.2, 0.25) is 11.6 Å². The Kier molecular flexibility index (Phi) is 4.24. The molecule has 1 aliphatic carbocycles. The van der Waals surface area contributed by atoms with Crippen molar-refractivity contribution >= 4 is 30.3 Å². The Hall–Kier alpha value is -2.04. The van der Waals surface area contributed by atoms with Gasteiger partial charge < -0.3 is 30.7 Å². The molecule has 4 rings (SSSR count). The zero-order valence-corrected chi connectivity index (χ0v) is 16.0. The SMILES string of the molecule is CO[C@@]12C(COC(N)=O)C3=C(C(=O)C(C)=C(NCCS)C3=O)N1CC1NC12. The van der Waals surface area contributed by atoms with E-state index in [1.165, 1.54) is 0 Å². The number of fused-ring (bicyclic) bond motifs is 4. The van der Waals surface area contributed by atoms with E-state index in [1.54, 1.807) is 14.0 Å². The molecule has 0 aromatic carbocycles. The first kappa shape index (κ1) is 18.3. The maximum absolute atomic E-state index is 13.3. The molecular weight excluding hydrogens is 372 g/mol. The van der Waals surface area contributed by atoms with Gasteiger partial charge in [-0.25, -0.2) is 4.79 Å². The van der Waals surface area contributed by atoms with Crippen LogP contribution < -0.4 is 16.4 Å². The summed E-state index contributed by atoms with van der Waals surface area (Å²) in [5.74, 6) is -0.590. The first-order valence-corrected chi connectivity index (χ1v) is 9.42. The topological polar surface area (TPSA) is 133 Å². The van der Waals surface area contributed by atoms with Crippen molar-refractivity contribution in [1.29, 1.82) is 0 Å². The number of primary amides is 1. The highest BCUT2D eigenvalue weighted by molar-refractivity contribution is 7.80. The Morgan fingerprint density at radius 3 is 2.81 bits per heavy atom. The maximum Gasteiger partial charge on any atom is 0.404 e. The summed E-state index contributed by atoms with van der Waals surface area (Å²) < 4.78 is 11.0. The summed E-state index contributed by atoms with van der Waals surface area (Å²) in [6.45, 7) is 2.50. The molecule has 4 atom stereocenters. The van der Waals surface area contributed by atoms with Crippen molar-refractivity contribution in [2.24, 2.45) is 11.7 Å². The van der Waals surface area contributed by atoms with Gasteiger partial charge in [-0.2, -0.15) is 12.6 Å². The van der Waals surface area contributed by atoms with Gasteiger partial charge in [0.25, 0.3) is 0 Å². The van der Waals surface area contributed by atoms with Crippen molar-refractivity contribution in [3.63, 3.8) is 0 Å². The van der Waals surface area contributed by atoms with Crippen molar-refractivity contribution in [3.8, 4) is 0 Å². The Morgan fingerprint density at radius 1 is 1.44 bits per heavy atom. The summed E-state index contributed by atoms with van der Waals surface area (Å²) in [5.41, 5.74) is 5.51. The van der Waals surface area contributed by atoms with Gasteiger partial charge in [-0.1, -0.05) is 0 Å². The lowest BCUT2D eigenvalue weighted by Crippen LogP contribution is -2.55. The van der Waals surface area contributed by atoms with E-state index >= 15 is 0 Å². The predicted molar refractivity (Wildman–Crippen MR) is 97.8 cm³/mol. The molecule has 2 saturated heterocycles. The molecule has 4 aliphatic rings. The molecule has 4 N–H and O–H groups in total. The number of methoxy groups -OCH3 is 1. The first-order chi connectivity index (χ1) is 12.9. The lowest BCUT2D eigenvalue weighted by atomic mass is 9.82. The number of ketones is 2. The second-order valence-corrected chi connectivity index (χ2v) is 7.52. The second-order valence-electron chi connectivity index (χ2n) is 7.07. The molecule has 146 valence electrons. The third kappa shape index (κ3) is 2.36. The van der Waals surface area contributed by atoms with Gasteiger partial charge in [-0.05, 0) is 6.92 Å². The van der Waals surface area contributed by atoms with E-state index < -0.39 is 17.7 Å². The molecule has 3 aliphatic heterocycles. The van der Waals surface area contributed by atoms with Crippen LogP contribution in [0, 0.1) is 5.92 Å². The maximum atomic E-state index is 13.3. The Bertz CT molecular complexity index is 809. The minimum absolute atomic E-state index is 0.0515. The van der Waals surface area contributed by atoms with Gasteiger partial charge in [0.05, 0.1) is 23.4 Å². The number of carbonyl (C=O) groups excluding carboxylic acids is 3. The van der Waals surface area contributed by atoms with Crippen molar-refractivity contribution in [2.75, 3.05) is 32.6 Å². The van der Waals surface area contributed by atoms with Crippen LogP contribution in [0.3, 0.4) is 0 Å². The number of rotatable bonds is 6. The Labute approximate surface area is 161 Å². The Morgan fingerprint density at radius 2 is 2.19 bits per heavy atom. The number of nitrogens with one attached hydrogen (secondary N) is 2. The normalized spacial score (nSPS) is 33.9. The zero-order valence-electron chi connectivity index (χ0n) is 15.1. The summed E-state index contributed by atoms with van der Waals surface area (Å²) in [6, 6.07) is 0.121. The number of nitrogens with two attached hydrogens (primary N) is 1. The van der Waals surface area contributed by atoms with Crippen molar-refractivity contribution in [2.45, 2.75) is 24.7 Å². The molecule has 10 heteroatoms. The average molecular weight is 394 g/mol. The van der Waals surface area contributed by atoms with E-state index in [0.717, 1.165) is 0 Å². The van der Waals surface area contributed by atoms with Crippen LogP contribution in [0.25, 0.3) is 0 Å². The van der Waals surface area contributed by atoms with Gasteiger partial charge in [0.15, 0.2) is 5.72 Å². The molecule has 0 spiro atoms. The van der Waals surface area contributed by atoms with Gasteiger partial charge in [-0.3, -0.25) is 9.59 Å². The lowest BCUT2D eigenvalue weighted by Gasteiger charge is -2.39. The molecule has 3 heterocycles. The molecule has 0 radical (unpaired) electrons. The third-order valence-corrected chi connectivity index (χ3v) is 6.07. The fourth-order valence-corrected chi connectivity index (χ4v) is 4.80. The summed E-state index contributed by atoms with van der Waals surface area (Å²) in [7, 11) is 1.54. The molecule has 3 unspecified atom stereocenters. The highest BCUT2D eigenvalue weighted by atomic mass is 32.1. The smallest absolute Gasteiger partial charge is 0.404 e. The number of hydrogen-bond acceptors (Lipinski definition) is 9. The van der Waals surface area contributed by atoms with Crippen molar-refractivity contribution < 1.29 is 23.9 Å². The summed E-state index contributed by atoms with van der Waals surface area (Å²) >= 11 is 4.15. The van der Waals surface area contributed by atoms with E-state index in [2.05, 4.69) is 23.3 Å². The number of carbonyl (C=O) groups is 3. The van der Waals surface area contributed by atoms with Crippen molar-refractivity contribution in [3.05, 3.63) is 22.5 Å². The van der Waals surface area contributed by atoms with E-state index in [9.17, 15) is 14.4 Å². The van der Waals surface area contributed by atoms with Crippen LogP contribution in [0.1, 0.15) is 6.92 Å². The van der Waals surface area contributed by atoms with Gasteiger partial charge in [0, 0.05) is 43.1 Å². The molecular formula is C17H22N4O5S. The molecule has 27 heavy (non-hydrogen) atoms. The number of hydrogen-bond donors (Lipinski definition) is 4. The van der Waals surface area contributed by atoms with Gasteiger partial charge >= 0.3 is 6.09 Å². The van der Waals surface area contributed by atoms with Gasteiger partial charge in [0.1, 0.15) is 6.61 Å². The molecule has 0 bridgehead atoms. The number of nitrogens with zero attached hydrogens (tertiary/aromatic N) is 1. The summed E-state index contributed by atoms with van der Waals surface area (Å²) in [5, 5.41) is 6.33. The van der Waals surface area contributed by atoms with Crippen LogP contribution in [-0.4, -0.2) is 72.9 Å². The number of Topliss-reactive ketones (excluding diaryl/α,β-unsaturated/α-hetero) is 2. The number of amides is 1. The van der Waals surface area contributed by atoms with Crippen LogP contribution in [-0.2, 0) is 19.1 Å². The van der Waals surface area contributed by atoms with Crippen LogP contribution in [0.4, 0.5) is 4.79 Å². The number of allylic oxidation sites excluding steroid dienone is 2. The first-order valence-electron chi connectivity index (χ1n) is 8.78. The largest absolute Gasteiger partial charge is 0.449 e. The van der Waals surface area contributed by atoms with Crippen molar-refractivity contribution in [1.82, 2.24) is 15.5 Å². The van der Waals surface area contributed by atoms with Crippen LogP contribution in [0.15, 0.2) is 22.5 Å². The highest BCUT2D eigenvalue weighted by Crippen LogP contribution is 2.55. The summed E-state index contributed by atoms with van der Waals surface area (Å²) in [6.07, 6.45) is -0.935. The van der Waals surface area contributed by atoms with E-state index in [1.807, 2.05) is 4.90 Å². The molecule has 0 saturated carbocycles. The quantitative estimate of drug-likeness (QED) is 0.254. The fourth-order valence-electron chi connectivity index (χ4n) is 4.68. The number of ether oxygens (including phenoxy) is 2. The van der Waals surface area contributed by atoms with E-state index in [0.29, 0.717) is 35.7 Å². The minimum atomic E-state index is -0.949. The molecule has 1 amide bonds.